The van der Waals surface area contributed by atoms with Crippen molar-refractivity contribution in [3.05, 3.63) is 35.4 Å². The first kappa shape index (κ1) is 12.2. The summed E-state index contributed by atoms with van der Waals surface area (Å²) in [6.07, 6.45) is 0.936. The number of benzene rings is 1. The molecule has 0 bridgehead atoms. The molecule has 0 fully saturated rings. The third-order valence-electron chi connectivity index (χ3n) is 3.39. The van der Waals surface area contributed by atoms with E-state index in [1.165, 1.54) is 11.1 Å². The molecule has 1 aliphatic rings. The van der Waals surface area contributed by atoms with Crippen molar-refractivity contribution in [2.24, 2.45) is 4.99 Å². The van der Waals surface area contributed by atoms with Crippen LogP contribution in [-0.2, 0) is 10.2 Å². The molecule has 1 unspecified atom stereocenters. The lowest BCUT2D eigenvalue weighted by molar-refractivity contribution is 0.393. The van der Waals surface area contributed by atoms with Gasteiger partial charge in [-0.3, -0.25) is 4.99 Å². The van der Waals surface area contributed by atoms with Crippen LogP contribution in [0, 0.1) is 0 Å². The molecule has 0 radical (unpaired) electrons. The maximum atomic E-state index is 5.19. The minimum atomic E-state index is 0.225. The first-order chi connectivity index (χ1) is 8.00. The normalized spacial score (nSPS) is 20.2. The molecule has 0 amide bonds. The monoisotopic (exact) mass is 231 g/mol. The van der Waals surface area contributed by atoms with Gasteiger partial charge >= 0.3 is 0 Å². The summed E-state index contributed by atoms with van der Waals surface area (Å²) in [5.74, 6) is 1.38. The van der Waals surface area contributed by atoms with Gasteiger partial charge in [-0.25, -0.2) is 0 Å². The van der Waals surface area contributed by atoms with Crippen molar-refractivity contribution in [2.75, 3.05) is 13.7 Å². The number of hydrogen-bond donors (Lipinski definition) is 0. The highest BCUT2D eigenvalue weighted by Gasteiger charge is 2.21. The van der Waals surface area contributed by atoms with Crippen LogP contribution in [0.5, 0.6) is 0 Å². The molecule has 2 rings (SSSR count). The van der Waals surface area contributed by atoms with Crippen molar-refractivity contribution in [2.45, 2.75) is 38.5 Å². The van der Waals surface area contributed by atoms with Crippen LogP contribution in [0.15, 0.2) is 29.3 Å². The zero-order valence-electron chi connectivity index (χ0n) is 11.2. The van der Waals surface area contributed by atoms with Gasteiger partial charge in [-0.2, -0.15) is 0 Å². The predicted molar refractivity (Wildman–Crippen MR) is 71.8 cm³/mol. The first-order valence-corrected chi connectivity index (χ1v) is 6.18. The van der Waals surface area contributed by atoms with E-state index in [1.807, 2.05) is 0 Å². The van der Waals surface area contributed by atoms with Crippen LogP contribution >= 0.6 is 0 Å². The molecule has 0 N–H and O–H groups in total. The Bertz CT molecular complexity index is 412. The van der Waals surface area contributed by atoms with Gasteiger partial charge in [0.1, 0.15) is 0 Å². The number of rotatable bonds is 1. The lowest BCUT2D eigenvalue weighted by Crippen LogP contribution is -2.11. The Hall–Kier alpha value is -1.31. The second-order valence-electron chi connectivity index (χ2n) is 5.71. The molecule has 0 spiro atoms. The van der Waals surface area contributed by atoms with Gasteiger partial charge in [-0.15, -0.1) is 0 Å². The molecular formula is C15H21NO. The topological polar surface area (TPSA) is 21.6 Å². The molecule has 92 valence electrons. The fourth-order valence-corrected chi connectivity index (χ4v) is 2.18. The summed E-state index contributed by atoms with van der Waals surface area (Å²) in [4.78, 5) is 4.38. The van der Waals surface area contributed by atoms with Crippen LogP contribution in [0.1, 0.15) is 44.2 Å². The minimum Gasteiger partial charge on any atom is -0.484 e. The third kappa shape index (κ3) is 2.68. The maximum absolute atomic E-state index is 5.19. The molecule has 1 aromatic carbocycles. The third-order valence-corrected chi connectivity index (χ3v) is 3.39. The van der Waals surface area contributed by atoms with E-state index >= 15 is 0 Å². The molecule has 0 aromatic heterocycles. The Labute approximate surface area is 104 Å². The number of hydrogen-bond acceptors (Lipinski definition) is 2. The lowest BCUT2D eigenvalue weighted by Gasteiger charge is -2.20. The van der Waals surface area contributed by atoms with Crippen LogP contribution in [0.3, 0.4) is 0 Å². The van der Waals surface area contributed by atoms with E-state index in [0.29, 0.717) is 5.92 Å². The number of methoxy groups -OCH3 is 1. The van der Waals surface area contributed by atoms with Gasteiger partial charge in [0.2, 0.25) is 0 Å². The Morgan fingerprint density at radius 2 is 1.82 bits per heavy atom. The summed E-state index contributed by atoms with van der Waals surface area (Å²) in [7, 11) is 1.70. The highest BCUT2D eigenvalue weighted by molar-refractivity contribution is 5.79. The Balaban J connectivity index is 2.10. The second kappa shape index (κ2) is 4.52. The number of nitrogens with zero attached hydrogens (tertiary/aromatic N) is 1. The first-order valence-electron chi connectivity index (χ1n) is 6.18. The Morgan fingerprint density at radius 1 is 1.18 bits per heavy atom. The Kier molecular flexibility index (Phi) is 3.23. The van der Waals surface area contributed by atoms with E-state index in [-0.39, 0.29) is 5.41 Å². The molecule has 1 heterocycles. The summed E-state index contributed by atoms with van der Waals surface area (Å²) < 4.78 is 5.19. The van der Waals surface area contributed by atoms with Crippen molar-refractivity contribution in [3.63, 3.8) is 0 Å². The summed E-state index contributed by atoms with van der Waals surface area (Å²) in [5.41, 5.74) is 2.98. The standard InChI is InChI=1S/C15H21NO/c1-15(2,3)13-7-5-11(6-8-13)12-9-14(17-4)16-10-12/h5-8,12H,9-10H2,1-4H3. The molecule has 2 heteroatoms. The van der Waals surface area contributed by atoms with E-state index in [2.05, 4.69) is 50.0 Å². The zero-order valence-corrected chi connectivity index (χ0v) is 11.2. The van der Waals surface area contributed by atoms with Gasteiger partial charge in [-0.1, -0.05) is 45.0 Å². The minimum absolute atomic E-state index is 0.225. The summed E-state index contributed by atoms with van der Waals surface area (Å²) >= 11 is 0. The molecule has 1 aliphatic heterocycles. The SMILES string of the molecule is COC1=NCC(c2ccc(C(C)(C)C)cc2)C1. The van der Waals surface area contributed by atoms with Crippen molar-refractivity contribution < 1.29 is 4.74 Å². The van der Waals surface area contributed by atoms with Crippen LogP contribution in [0.4, 0.5) is 0 Å². The molecule has 0 saturated heterocycles. The van der Waals surface area contributed by atoms with Crippen molar-refractivity contribution in [1.29, 1.82) is 0 Å². The van der Waals surface area contributed by atoms with E-state index in [9.17, 15) is 0 Å². The highest BCUT2D eigenvalue weighted by atomic mass is 16.5. The van der Waals surface area contributed by atoms with E-state index in [4.69, 9.17) is 4.74 Å². The summed E-state index contributed by atoms with van der Waals surface area (Å²) in [6, 6.07) is 8.94. The van der Waals surface area contributed by atoms with Gasteiger partial charge in [0.25, 0.3) is 0 Å². The molecule has 2 nitrogen and oxygen atoms in total. The van der Waals surface area contributed by atoms with E-state index in [1.54, 1.807) is 7.11 Å². The summed E-state index contributed by atoms with van der Waals surface area (Å²) in [5, 5.41) is 0. The van der Waals surface area contributed by atoms with Gasteiger partial charge in [0.05, 0.1) is 7.11 Å². The molecule has 1 aromatic rings. The van der Waals surface area contributed by atoms with Gasteiger partial charge < -0.3 is 4.74 Å². The van der Waals surface area contributed by atoms with Gasteiger partial charge in [0.15, 0.2) is 5.90 Å². The molecule has 17 heavy (non-hydrogen) atoms. The fourth-order valence-electron chi connectivity index (χ4n) is 2.18. The molecular weight excluding hydrogens is 210 g/mol. The fraction of sp³-hybridized carbons (Fsp3) is 0.533. The molecule has 0 aliphatic carbocycles. The predicted octanol–water partition coefficient (Wildman–Crippen LogP) is 3.52. The largest absolute Gasteiger partial charge is 0.484 e. The zero-order chi connectivity index (χ0) is 12.5. The average molecular weight is 231 g/mol. The van der Waals surface area contributed by atoms with Gasteiger partial charge in [0, 0.05) is 18.9 Å². The Morgan fingerprint density at radius 3 is 2.29 bits per heavy atom. The van der Waals surface area contributed by atoms with E-state index < -0.39 is 0 Å². The molecule has 0 saturated carbocycles. The second-order valence-corrected chi connectivity index (χ2v) is 5.71. The lowest BCUT2D eigenvalue weighted by atomic mass is 9.85. The van der Waals surface area contributed by atoms with Crippen molar-refractivity contribution in [3.8, 4) is 0 Å². The number of ether oxygens (including phenoxy) is 1. The van der Waals surface area contributed by atoms with E-state index in [0.717, 1.165) is 18.9 Å². The smallest absolute Gasteiger partial charge is 0.183 e. The van der Waals surface area contributed by atoms with Crippen LogP contribution in [0.25, 0.3) is 0 Å². The van der Waals surface area contributed by atoms with Gasteiger partial charge in [-0.05, 0) is 16.5 Å². The summed E-state index contributed by atoms with van der Waals surface area (Å²) in [6.45, 7) is 7.58. The quantitative estimate of drug-likeness (QED) is 0.724. The molecule has 1 atom stereocenters. The van der Waals surface area contributed by atoms with Crippen molar-refractivity contribution in [1.82, 2.24) is 0 Å². The number of aliphatic imine (C=N–C) groups is 1. The van der Waals surface area contributed by atoms with Crippen molar-refractivity contribution >= 4 is 5.90 Å². The maximum Gasteiger partial charge on any atom is 0.183 e. The average Bonchev–Trinajstić information content (AvgIpc) is 2.76. The van der Waals surface area contributed by atoms with Crippen LogP contribution in [-0.4, -0.2) is 19.6 Å². The highest BCUT2D eigenvalue weighted by Crippen LogP contribution is 2.28. The van der Waals surface area contributed by atoms with Crippen LogP contribution in [0.2, 0.25) is 0 Å². The van der Waals surface area contributed by atoms with Crippen LogP contribution < -0.4 is 0 Å².